The summed E-state index contributed by atoms with van der Waals surface area (Å²) < 4.78 is 5.77. The van der Waals surface area contributed by atoms with Gasteiger partial charge < -0.3 is 42.5 Å². The van der Waals surface area contributed by atoms with Crippen molar-refractivity contribution in [3.63, 3.8) is 0 Å². The van der Waals surface area contributed by atoms with E-state index in [-0.39, 0.29) is 52.4 Å². The molecule has 10 nitrogen and oxygen atoms in total. The SMILES string of the molecule is CC1=C(C)C(=P(C)(C)NC23CC4CC(CC(C4)C2)C3)C(C)=C1C.CC1=C(C)C(C)C(C)=C1P(C)(C)=NC12CC3CC(CC(C3)C1)C2.CNC.C[N-]C.C[N-]C.C[N-]C.C[N-]C.C[N-]C.C[N-]C.C[N-]C.[Zr+3].[Zr+4]. The third-order valence-electron chi connectivity index (χ3n) is 15.1. The Morgan fingerprint density at radius 1 is 0.444 bits per heavy atom. The Morgan fingerprint density at radius 3 is 0.931 bits per heavy atom. The van der Waals surface area contributed by atoms with Crippen molar-refractivity contribution < 1.29 is 52.4 Å². The maximum absolute atomic E-state index is 5.77. The number of hydrogen-bond donors (Lipinski definition) is 2. The van der Waals surface area contributed by atoms with Gasteiger partial charge in [0.25, 0.3) is 0 Å². The molecule has 0 amide bonds. The van der Waals surface area contributed by atoms with Gasteiger partial charge in [-0.05, 0) is 260 Å². The van der Waals surface area contributed by atoms with Crippen LogP contribution in [0.2, 0.25) is 0 Å². The predicted octanol–water partition coefficient (Wildman–Crippen LogP) is 16.4. The van der Waals surface area contributed by atoms with Gasteiger partial charge in [-0.15, -0.1) is 0 Å². The first-order chi connectivity index (χ1) is 32.7. The van der Waals surface area contributed by atoms with Gasteiger partial charge in [-0.1, -0.05) is 18.1 Å². The molecular weight excluding hydrogens is 1080 g/mol. The minimum absolute atomic E-state index is 0. The predicted molar refractivity (Wildman–Crippen MR) is 328 cm³/mol. The van der Waals surface area contributed by atoms with Gasteiger partial charge in [-0.2, -0.15) is 98.7 Å². The van der Waals surface area contributed by atoms with E-state index in [1.807, 2.05) is 14.1 Å². The molecule has 0 aromatic rings. The van der Waals surface area contributed by atoms with Gasteiger partial charge in [0, 0.05) is 5.54 Å². The molecule has 8 saturated carbocycles. The van der Waals surface area contributed by atoms with Crippen LogP contribution in [-0.4, -0.2) is 156 Å². The Kier molecular flexibility index (Phi) is 44.2. The molecule has 0 heterocycles. The molecule has 72 heavy (non-hydrogen) atoms. The molecule has 0 aliphatic heterocycles. The normalized spacial score (nSPS) is 28.4. The monoisotopic (exact) mass is 1200 g/mol. The largest absolute Gasteiger partial charge is 4.00 e. The average Bonchev–Trinajstić information content (AvgIpc) is 3.55. The third-order valence-corrected chi connectivity index (χ3v) is 20.7. The van der Waals surface area contributed by atoms with E-state index in [2.05, 4.69) is 130 Å². The fourth-order valence-corrected chi connectivity index (χ4v) is 20.9. The van der Waals surface area contributed by atoms with Gasteiger partial charge in [-0.3, -0.25) is 9.83 Å². The second-order valence-corrected chi connectivity index (χ2v) is 30.0. The smallest absolute Gasteiger partial charge is 0.668 e. The number of hydrogen-bond acceptors (Lipinski definition) is 3. The standard InChI is InChI=1S/2C21H34NP.C2H7N.7C2H6N.2Zr/c2*1-13-14(2)16(4)20(15(13)3)23(5,6)22-21-10-17-7-18(11-21)9-19(8-17)12-21;8*1-3-2;;/h17-19,22H,7-12H2,1-6H3;13,17-19H,7-12H2,1-6H3;3H,1-2H3;7*1-2H3;;/q;;;7*-1;+3;+4. The Hall–Kier alpha value is 0.896. The molecule has 0 saturated heterocycles. The maximum atomic E-state index is 5.77. The summed E-state index contributed by atoms with van der Waals surface area (Å²) in [5.41, 5.74) is 11.8. The Morgan fingerprint density at radius 2 is 0.694 bits per heavy atom. The van der Waals surface area contributed by atoms with Crippen molar-refractivity contribution in [2.45, 2.75) is 144 Å². The van der Waals surface area contributed by atoms with Crippen molar-refractivity contribution in [2.75, 3.05) is 139 Å². The third kappa shape index (κ3) is 24.5. The van der Waals surface area contributed by atoms with Crippen molar-refractivity contribution in [3.8, 4) is 0 Å². The number of nitrogens with one attached hydrogen (secondary N) is 2. The van der Waals surface area contributed by atoms with E-state index in [1.165, 1.54) is 88.2 Å². The number of nitrogens with zero attached hydrogens (tertiary/aromatic N) is 8. The van der Waals surface area contributed by atoms with Crippen LogP contribution in [0.15, 0.2) is 49.1 Å². The number of rotatable bonds is 4. The molecule has 8 fully saturated rings. The Labute approximate surface area is 489 Å². The fraction of sp³-hybridized carbons (Fsp3) is 0.845. The molecule has 10 aliphatic carbocycles. The van der Waals surface area contributed by atoms with Crippen LogP contribution in [0.3, 0.4) is 0 Å². The van der Waals surface area contributed by atoms with Crippen LogP contribution < -0.4 is 10.4 Å². The maximum Gasteiger partial charge on any atom is 4.00 e. The number of allylic oxidation sites excluding steroid dienone is 8. The topological polar surface area (TPSA) is 135 Å². The molecule has 8 bridgehead atoms. The zero-order valence-corrected chi connectivity index (χ0v) is 59.2. The van der Waals surface area contributed by atoms with Crippen LogP contribution >= 0.6 is 14.1 Å². The summed E-state index contributed by atoms with van der Waals surface area (Å²) in [5.74, 6) is 6.72. The Balaban J connectivity index is -0.000000440. The molecule has 0 aromatic carbocycles. The quantitative estimate of drug-likeness (QED) is 0.271. The van der Waals surface area contributed by atoms with Crippen LogP contribution in [0.25, 0.3) is 37.2 Å². The van der Waals surface area contributed by atoms with E-state index in [0.29, 0.717) is 17.0 Å². The van der Waals surface area contributed by atoms with Crippen molar-refractivity contribution in [3.05, 3.63) is 81.5 Å². The molecule has 1 atom stereocenters. The summed E-state index contributed by atoms with van der Waals surface area (Å²) in [6, 6.07) is 0. The molecule has 0 spiro atoms. The van der Waals surface area contributed by atoms with Gasteiger partial charge in [0.05, 0.1) is 5.54 Å². The average molecular weight is 1200 g/mol. The molecule has 1 radical (unpaired) electrons. The second kappa shape index (κ2) is 40.1. The fourth-order valence-electron chi connectivity index (χ4n) is 13.9. The molecule has 10 rings (SSSR count). The van der Waals surface area contributed by atoms with Crippen LogP contribution in [0.1, 0.15) is 132 Å². The van der Waals surface area contributed by atoms with E-state index < -0.39 is 14.1 Å². The zero-order chi connectivity index (χ0) is 54.8. The summed E-state index contributed by atoms with van der Waals surface area (Å²) >= 11 is 0. The van der Waals surface area contributed by atoms with Gasteiger partial charge in [0.1, 0.15) is 0 Å². The zero-order valence-electron chi connectivity index (χ0n) is 52.5. The van der Waals surface area contributed by atoms with E-state index in [4.69, 9.17) is 4.74 Å². The van der Waals surface area contributed by atoms with Crippen molar-refractivity contribution in [1.29, 1.82) is 0 Å². The van der Waals surface area contributed by atoms with Crippen molar-refractivity contribution in [1.82, 2.24) is 10.4 Å². The molecular formula is C58H117N10P2Zr2. The summed E-state index contributed by atoms with van der Waals surface area (Å²) in [6.45, 7) is 28.9. The molecule has 14 heteroatoms. The minimum Gasteiger partial charge on any atom is -0.668 e. The van der Waals surface area contributed by atoms with Gasteiger partial charge in [-0.25, -0.2) is 0 Å². The van der Waals surface area contributed by atoms with E-state index in [0.717, 1.165) is 35.5 Å². The van der Waals surface area contributed by atoms with Crippen molar-refractivity contribution in [2.24, 2.45) is 46.2 Å². The first-order valence-electron chi connectivity index (χ1n) is 26.5. The van der Waals surface area contributed by atoms with Crippen molar-refractivity contribution >= 4 is 19.4 Å². The summed E-state index contributed by atoms with van der Waals surface area (Å²) in [5, 5.41) is 34.9. The van der Waals surface area contributed by atoms with Crippen LogP contribution in [0.5, 0.6) is 0 Å². The molecule has 0 aromatic heterocycles. The summed E-state index contributed by atoms with van der Waals surface area (Å²) in [7, 11) is 25.6. The van der Waals surface area contributed by atoms with Gasteiger partial charge >= 0.3 is 52.4 Å². The molecule has 10 aliphatic rings. The molecule has 1 unspecified atom stereocenters. The van der Waals surface area contributed by atoms with Gasteiger partial charge in [0.15, 0.2) is 0 Å². The second-order valence-electron chi connectivity index (χ2n) is 22.9. The summed E-state index contributed by atoms with van der Waals surface area (Å²) in [4.78, 5) is 0. The molecule has 417 valence electrons. The minimum atomic E-state index is -1.38. The molecule has 2 N–H and O–H groups in total. The van der Waals surface area contributed by atoms with E-state index in [9.17, 15) is 0 Å². The van der Waals surface area contributed by atoms with Crippen LogP contribution in [0, 0.1) is 41.4 Å². The van der Waals surface area contributed by atoms with Crippen LogP contribution in [0.4, 0.5) is 0 Å². The first kappa shape index (κ1) is 79.4. The summed E-state index contributed by atoms with van der Waals surface area (Å²) in [6.07, 6.45) is 17.8. The van der Waals surface area contributed by atoms with E-state index >= 15 is 0 Å². The van der Waals surface area contributed by atoms with E-state index in [1.54, 1.807) is 137 Å². The van der Waals surface area contributed by atoms with Gasteiger partial charge in [0.2, 0.25) is 0 Å². The Bertz CT molecular complexity index is 1620. The van der Waals surface area contributed by atoms with Crippen LogP contribution in [-0.2, 0) is 52.4 Å². The first-order valence-corrected chi connectivity index (χ1v) is 31.8.